The summed E-state index contributed by atoms with van der Waals surface area (Å²) in [4.78, 5) is 2.25. The molecule has 118 valence electrons. The van der Waals surface area contributed by atoms with Gasteiger partial charge in [0, 0.05) is 13.1 Å². The lowest BCUT2D eigenvalue weighted by molar-refractivity contribution is 0.170. The number of halogens is 1. The second kappa shape index (κ2) is 8.47. The highest BCUT2D eigenvalue weighted by Gasteiger charge is 2.17. The maximum Gasteiger partial charge on any atom is 0.179 e. The number of aliphatic hydroxyl groups excluding tert-OH is 1. The SMILES string of the molecule is CCCCCN(CCO)Cc1cc(Cl)c2c(c1)OCCO2. The molecule has 2 rings (SSSR count). The van der Waals surface area contributed by atoms with Crippen molar-refractivity contribution in [2.24, 2.45) is 0 Å². The molecule has 0 radical (unpaired) electrons. The molecule has 0 saturated heterocycles. The molecule has 0 unspecified atom stereocenters. The quantitative estimate of drug-likeness (QED) is 0.749. The van der Waals surface area contributed by atoms with Crippen molar-refractivity contribution in [3.05, 3.63) is 22.7 Å². The molecular formula is C16H24ClNO3. The molecule has 0 saturated carbocycles. The lowest BCUT2D eigenvalue weighted by atomic mass is 10.1. The summed E-state index contributed by atoms with van der Waals surface area (Å²) in [6.45, 7) is 5.89. The van der Waals surface area contributed by atoms with E-state index < -0.39 is 0 Å². The van der Waals surface area contributed by atoms with E-state index in [1.807, 2.05) is 12.1 Å². The highest BCUT2D eigenvalue weighted by atomic mass is 35.5. The summed E-state index contributed by atoms with van der Waals surface area (Å²) in [5.41, 5.74) is 1.09. The van der Waals surface area contributed by atoms with Crippen LogP contribution >= 0.6 is 11.6 Å². The molecule has 1 aliphatic rings. The summed E-state index contributed by atoms with van der Waals surface area (Å²) in [6.07, 6.45) is 3.56. The summed E-state index contributed by atoms with van der Waals surface area (Å²) in [6, 6.07) is 3.92. The van der Waals surface area contributed by atoms with Crippen LogP contribution in [-0.2, 0) is 6.54 Å². The zero-order valence-corrected chi connectivity index (χ0v) is 13.4. The van der Waals surface area contributed by atoms with Crippen LogP contribution in [0.5, 0.6) is 11.5 Å². The van der Waals surface area contributed by atoms with Crippen LogP contribution in [0.3, 0.4) is 0 Å². The zero-order valence-electron chi connectivity index (χ0n) is 12.6. The highest BCUT2D eigenvalue weighted by molar-refractivity contribution is 6.32. The van der Waals surface area contributed by atoms with E-state index in [1.54, 1.807) is 0 Å². The van der Waals surface area contributed by atoms with E-state index in [-0.39, 0.29) is 6.61 Å². The molecule has 0 spiro atoms. The number of nitrogens with zero attached hydrogens (tertiary/aromatic N) is 1. The molecular weight excluding hydrogens is 290 g/mol. The molecule has 21 heavy (non-hydrogen) atoms. The number of rotatable bonds is 8. The van der Waals surface area contributed by atoms with E-state index in [0.717, 1.165) is 30.8 Å². The monoisotopic (exact) mass is 313 g/mol. The largest absolute Gasteiger partial charge is 0.486 e. The fourth-order valence-electron chi connectivity index (χ4n) is 2.51. The molecule has 1 heterocycles. The van der Waals surface area contributed by atoms with Gasteiger partial charge in [-0.2, -0.15) is 0 Å². The molecule has 1 aromatic carbocycles. The molecule has 0 atom stereocenters. The van der Waals surface area contributed by atoms with Gasteiger partial charge in [0.2, 0.25) is 0 Å². The van der Waals surface area contributed by atoms with E-state index in [4.69, 9.17) is 21.1 Å². The maximum atomic E-state index is 9.21. The third-order valence-corrected chi connectivity index (χ3v) is 3.84. The first-order chi connectivity index (χ1) is 10.2. The molecule has 5 heteroatoms. The number of benzene rings is 1. The van der Waals surface area contributed by atoms with Gasteiger partial charge in [0.25, 0.3) is 0 Å². The van der Waals surface area contributed by atoms with Crippen LogP contribution in [0.15, 0.2) is 12.1 Å². The Labute approximate surface area is 131 Å². The normalized spacial score (nSPS) is 13.7. The Hall–Kier alpha value is -0.970. The van der Waals surface area contributed by atoms with Crippen molar-refractivity contribution in [1.82, 2.24) is 4.90 Å². The first-order valence-electron chi connectivity index (χ1n) is 7.65. The third-order valence-electron chi connectivity index (χ3n) is 3.56. The standard InChI is InChI=1S/C16H24ClNO3/c1-2-3-4-5-18(6-7-19)12-13-10-14(17)16-15(11-13)20-8-9-21-16/h10-11,19H,2-9,12H2,1H3. The molecule has 0 aliphatic carbocycles. The Kier molecular flexibility index (Phi) is 6.61. The van der Waals surface area contributed by atoms with Crippen molar-refractivity contribution >= 4 is 11.6 Å². The summed E-state index contributed by atoms with van der Waals surface area (Å²) in [5.74, 6) is 1.37. The summed E-state index contributed by atoms with van der Waals surface area (Å²) in [7, 11) is 0. The van der Waals surface area contributed by atoms with E-state index in [2.05, 4.69) is 11.8 Å². The van der Waals surface area contributed by atoms with Crippen LogP contribution in [0.2, 0.25) is 5.02 Å². The van der Waals surface area contributed by atoms with Gasteiger partial charge < -0.3 is 14.6 Å². The molecule has 0 aromatic heterocycles. The Balaban J connectivity index is 2.03. The lowest BCUT2D eigenvalue weighted by Crippen LogP contribution is -2.27. The van der Waals surface area contributed by atoms with Crippen LogP contribution in [0.25, 0.3) is 0 Å². The molecule has 1 aromatic rings. The van der Waals surface area contributed by atoms with Gasteiger partial charge in [0.1, 0.15) is 13.2 Å². The number of unbranched alkanes of at least 4 members (excludes halogenated alkanes) is 2. The lowest BCUT2D eigenvalue weighted by Gasteiger charge is -2.24. The van der Waals surface area contributed by atoms with Gasteiger partial charge in [-0.05, 0) is 30.7 Å². The average Bonchev–Trinajstić information content (AvgIpc) is 2.48. The fraction of sp³-hybridized carbons (Fsp3) is 0.625. The average molecular weight is 314 g/mol. The topological polar surface area (TPSA) is 41.9 Å². The maximum absolute atomic E-state index is 9.21. The third kappa shape index (κ3) is 4.77. The number of hydrogen-bond acceptors (Lipinski definition) is 4. The highest BCUT2D eigenvalue weighted by Crippen LogP contribution is 2.38. The molecule has 0 bridgehead atoms. The Morgan fingerprint density at radius 2 is 2.00 bits per heavy atom. The van der Waals surface area contributed by atoms with Crippen LogP contribution in [-0.4, -0.2) is 42.9 Å². The van der Waals surface area contributed by atoms with Gasteiger partial charge in [0.05, 0.1) is 11.6 Å². The van der Waals surface area contributed by atoms with Gasteiger partial charge in [-0.1, -0.05) is 31.4 Å². The van der Waals surface area contributed by atoms with Crippen molar-refractivity contribution in [2.45, 2.75) is 32.7 Å². The molecule has 0 fully saturated rings. The molecule has 1 aliphatic heterocycles. The van der Waals surface area contributed by atoms with Gasteiger partial charge >= 0.3 is 0 Å². The summed E-state index contributed by atoms with van der Waals surface area (Å²) in [5, 5.41) is 9.80. The van der Waals surface area contributed by atoms with Crippen molar-refractivity contribution in [3.63, 3.8) is 0 Å². The zero-order chi connectivity index (χ0) is 15.1. The Morgan fingerprint density at radius 1 is 1.19 bits per heavy atom. The molecule has 4 nitrogen and oxygen atoms in total. The van der Waals surface area contributed by atoms with Crippen molar-refractivity contribution in [1.29, 1.82) is 0 Å². The second-order valence-electron chi connectivity index (χ2n) is 5.31. The van der Waals surface area contributed by atoms with E-state index in [1.165, 1.54) is 12.8 Å². The van der Waals surface area contributed by atoms with Crippen molar-refractivity contribution in [2.75, 3.05) is 32.9 Å². The summed E-state index contributed by atoms with van der Waals surface area (Å²) < 4.78 is 11.1. The number of aliphatic hydroxyl groups is 1. The van der Waals surface area contributed by atoms with E-state index in [9.17, 15) is 5.11 Å². The van der Waals surface area contributed by atoms with Crippen LogP contribution in [0.4, 0.5) is 0 Å². The molecule has 1 N–H and O–H groups in total. The van der Waals surface area contributed by atoms with Gasteiger partial charge in [0.15, 0.2) is 11.5 Å². The second-order valence-corrected chi connectivity index (χ2v) is 5.72. The first-order valence-corrected chi connectivity index (χ1v) is 8.03. The van der Waals surface area contributed by atoms with Crippen LogP contribution in [0.1, 0.15) is 31.7 Å². The minimum atomic E-state index is 0.171. The van der Waals surface area contributed by atoms with Gasteiger partial charge in [-0.15, -0.1) is 0 Å². The van der Waals surface area contributed by atoms with E-state index in [0.29, 0.717) is 30.5 Å². The van der Waals surface area contributed by atoms with Crippen molar-refractivity contribution < 1.29 is 14.6 Å². The minimum absolute atomic E-state index is 0.171. The number of fused-ring (bicyclic) bond motifs is 1. The Bertz CT molecular complexity index is 453. The smallest absolute Gasteiger partial charge is 0.179 e. The minimum Gasteiger partial charge on any atom is -0.486 e. The van der Waals surface area contributed by atoms with Crippen LogP contribution < -0.4 is 9.47 Å². The van der Waals surface area contributed by atoms with E-state index >= 15 is 0 Å². The first kappa shape index (κ1) is 16.4. The number of hydrogen-bond donors (Lipinski definition) is 1. The molecule has 0 amide bonds. The Morgan fingerprint density at radius 3 is 2.76 bits per heavy atom. The predicted molar refractivity (Wildman–Crippen MR) is 84.3 cm³/mol. The van der Waals surface area contributed by atoms with Crippen LogP contribution in [0, 0.1) is 0 Å². The van der Waals surface area contributed by atoms with Crippen molar-refractivity contribution in [3.8, 4) is 11.5 Å². The number of ether oxygens (including phenoxy) is 2. The fourth-order valence-corrected chi connectivity index (χ4v) is 2.80. The predicted octanol–water partition coefficient (Wildman–Crippen LogP) is 3.10. The van der Waals surface area contributed by atoms with Gasteiger partial charge in [-0.25, -0.2) is 0 Å². The summed E-state index contributed by atoms with van der Waals surface area (Å²) >= 11 is 6.26. The van der Waals surface area contributed by atoms with Gasteiger partial charge in [-0.3, -0.25) is 4.90 Å².